The standard InChI is InChI=1S/C23H18BrClN2O4/c1-2-30-21-12-9-17(24)13-19(21)22(28)27-26-14-16-5-3-4-6-20(16)31-23(29)15-7-10-18(25)11-8-15/h3-14H,2H2,1H3,(H,27,28)/b26-14-. The molecule has 0 atom stereocenters. The van der Waals surface area contributed by atoms with E-state index < -0.39 is 11.9 Å². The van der Waals surface area contributed by atoms with Crippen LogP contribution in [0.15, 0.2) is 76.3 Å². The summed E-state index contributed by atoms with van der Waals surface area (Å²) in [6.07, 6.45) is 1.40. The summed E-state index contributed by atoms with van der Waals surface area (Å²) in [4.78, 5) is 24.9. The molecule has 0 aromatic heterocycles. The lowest BCUT2D eigenvalue weighted by Crippen LogP contribution is -2.19. The van der Waals surface area contributed by atoms with E-state index in [1.165, 1.54) is 6.21 Å². The number of benzene rings is 3. The Morgan fingerprint density at radius 3 is 2.55 bits per heavy atom. The Bertz CT molecular complexity index is 1120. The molecule has 3 aromatic rings. The third-order valence-corrected chi connectivity index (χ3v) is 4.80. The van der Waals surface area contributed by atoms with Crippen molar-refractivity contribution in [2.45, 2.75) is 6.92 Å². The van der Waals surface area contributed by atoms with Gasteiger partial charge in [-0.1, -0.05) is 39.7 Å². The van der Waals surface area contributed by atoms with Crippen LogP contribution < -0.4 is 14.9 Å². The number of rotatable bonds is 7. The summed E-state index contributed by atoms with van der Waals surface area (Å²) in [6.45, 7) is 2.27. The van der Waals surface area contributed by atoms with Gasteiger partial charge < -0.3 is 9.47 Å². The van der Waals surface area contributed by atoms with E-state index in [1.54, 1.807) is 66.7 Å². The van der Waals surface area contributed by atoms with Gasteiger partial charge in [0.15, 0.2) is 0 Å². The van der Waals surface area contributed by atoms with Crippen molar-refractivity contribution >= 4 is 45.6 Å². The van der Waals surface area contributed by atoms with Crippen LogP contribution in [-0.4, -0.2) is 24.7 Å². The van der Waals surface area contributed by atoms with E-state index in [4.69, 9.17) is 21.1 Å². The van der Waals surface area contributed by atoms with Gasteiger partial charge in [0, 0.05) is 15.1 Å². The van der Waals surface area contributed by atoms with Crippen molar-refractivity contribution < 1.29 is 19.1 Å². The molecule has 0 spiro atoms. The highest BCUT2D eigenvalue weighted by atomic mass is 79.9. The first-order valence-electron chi connectivity index (χ1n) is 9.30. The fourth-order valence-electron chi connectivity index (χ4n) is 2.61. The molecule has 0 heterocycles. The summed E-state index contributed by atoms with van der Waals surface area (Å²) >= 11 is 9.20. The minimum Gasteiger partial charge on any atom is -0.493 e. The molecule has 3 aromatic carbocycles. The topological polar surface area (TPSA) is 77.0 Å². The van der Waals surface area contributed by atoms with Crippen LogP contribution in [0.3, 0.4) is 0 Å². The Kier molecular flexibility index (Phi) is 7.81. The van der Waals surface area contributed by atoms with Gasteiger partial charge >= 0.3 is 5.97 Å². The van der Waals surface area contributed by atoms with E-state index in [1.807, 2.05) is 6.92 Å². The highest BCUT2D eigenvalue weighted by molar-refractivity contribution is 9.10. The molecule has 0 saturated carbocycles. The predicted molar refractivity (Wildman–Crippen MR) is 123 cm³/mol. The number of hydrogen-bond acceptors (Lipinski definition) is 5. The van der Waals surface area contributed by atoms with Gasteiger partial charge in [-0.15, -0.1) is 0 Å². The van der Waals surface area contributed by atoms with Gasteiger partial charge in [0.1, 0.15) is 11.5 Å². The maximum atomic E-state index is 12.5. The minimum atomic E-state index is -0.531. The molecule has 31 heavy (non-hydrogen) atoms. The summed E-state index contributed by atoms with van der Waals surface area (Å²) in [5, 5.41) is 4.52. The molecule has 3 rings (SSSR count). The number of esters is 1. The SMILES string of the molecule is CCOc1ccc(Br)cc1C(=O)N/N=C\c1ccccc1OC(=O)c1ccc(Cl)cc1. The lowest BCUT2D eigenvalue weighted by Gasteiger charge is -2.09. The van der Waals surface area contributed by atoms with Gasteiger partial charge in [-0.25, -0.2) is 10.2 Å². The number of nitrogens with zero attached hydrogens (tertiary/aromatic N) is 1. The van der Waals surface area contributed by atoms with Gasteiger partial charge in [0.2, 0.25) is 0 Å². The molecule has 6 nitrogen and oxygen atoms in total. The lowest BCUT2D eigenvalue weighted by molar-refractivity contribution is 0.0734. The zero-order chi connectivity index (χ0) is 22.2. The third kappa shape index (κ3) is 6.16. The van der Waals surface area contributed by atoms with Crippen LogP contribution in [0.1, 0.15) is 33.2 Å². The second-order valence-corrected chi connectivity index (χ2v) is 7.56. The molecule has 1 N–H and O–H groups in total. The van der Waals surface area contributed by atoms with Crippen LogP contribution in [0.2, 0.25) is 5.02 Å². The molecule has 0 saturated heterocycles. The molecule has 1 amide bonds. The first kappa shape index (κ1) is 22.5. The molecule has 0 aliphatic carbocycles. The van der Waals surface area contributed by atoms with Crippen LogP contribution in [0.5, 0.6) is 11.5 Å². The Morgan fingerprint density at radius 1 is 1.06 bits per heavy atom. The van der Waals surface area contributed by atoms with Gasteiger partial charge in [0.05, 0.1) is 23.9 Å². The third-order valence-electron chi connectivity index (χ3n) is 4.06. The van der Waals surface area contributed by atoms with Crippen molar-refractivity contribution in [3.63, 3.8) is 0 Å². The quantitative estimate of drug-likeness (QED) is 0.201. The van der Waals surface area contributed by atoms with Gasteiger partial charge in [-0.05, 0) is 61.5 Å². The van der Waals surface area contributed by atoms with E-state index in [9.17, 15) is 9.59 Å². The van der Waals surface area contributed by atoms with Crippen LogP contribution in [-0.2, 0) is 0 Å². The van der Waals surface area contributed by atoms with Crippen molar-refractivity contribution in [1.82, 2.24) is 5.43 Å². The van der Waals surface area contributed by atoms with Gasteiger partial charge in [-0.3, -0.25) is 4.79 Å². The molecular weight excluding hydrogens is 484 g/mol. The maximum absolute atomic E-state index is 12.5. The van der Waals surface area contributed by atoms with Gasteiger partial charge in [-0.2, -0.15) is 5.10 Å². The molecule has 158 valence electrons. The molecule has 8 heteroatoms. The molecule has 0 radical (unpaired) electrons. The van der Waals surface area contributed by atoms with Gasteiger partial charge in [0.25, 0.3) is 5.91 Å². The summed E-state index contributed by atoms with van der Waals surface area (Å²) in [6, 6.07) is 18.4. The smallest absolute Gasteiger partial charge is 0.343 e. The largest absolute Gasteiger partial charge is 0.493 e. The summed E-state index contributed by atoms with van der Waals surface area (Å²) < 4.78 is 11.7. The Morgan fingerprint density at radius 2 is 1.81 bits per heavy atom. The summed E-state index contributed by atoms with van der Waals surface area (Å²) in [5.41, 5.74) is 3.69. The lowest BCUT2D eigenvalue weighted by atomic mass is 10.2. The second-order valence-electron chi connectivity index (χ2n) is 6.21. The van der Waals surface area contributed by atoms with Crippen molar-refractivity contribution in [2.24, 2.45) is 5.10 Å². The molecule has 0 bridgehead atoms. The fraction of sp³-hybridized carbons (Fsp3) is 0.0870. The monoisotopic (exact) mass is 500 g/mol. The molecule has 0 aliphatic rings. The first-order chi connectivity index (χ1) is 15.0. The number of amides is 1. The Balaban J connectivity index is 1.72. The van der Waals surface area contributed by atoms with E-state index >= 15 is 0 Å². The average Bonchev–Trinajstić information content (AvgIpc) is 2.76. The summed E-state index contributed by atoms with van der Waals surface area (Å²) in [5.74, 6) is -0.206. The van der Waals surface area contributed by atoms with Crippen molar-refractivity contribution in [1.29, 1.82) is 0 Å². The number of carbonyl (C=O) groups is 2. The van der Waals surface area contributed by atoms with E-state index in [-0.39, 0.29) is 0 Å². The normalized spacial score (nSPS) is 10.7. The van der Waals surface area contributed by atoms with Crippen LogP contribution in [0.4, 0.5) is 0 Å². The molecule has 0 fully saturated rings. The second kappa shape index (κ2) is 10.7. The number of hydrogen-bond donors (Lipinski definition) is 1. The Hall–Kier alpha value is -3.16. The minimum absolute atomic E-state index is 0.304. The number of nitrogens with one attached hydrogen (secondary N) is 1. The number of hydrazone groups is 1. The number of para-hydroxylation sites is 1. The number of ether oxygens (including phenoxy) is 2. The van der Waals surface area contributed by atoms with Crippen LogP contribution in [0, 0.1) is 0 Å². The van der Waals surface area contributed by atoms with Crippen LogP contribution >= 0.6 is 27.5 Å². The summed E-state index contributed by atoms with van der Waals surface area (Å²) in [7, 11) is 0. The van der Waals surface area contributed by atoms with Crippen LogP contribution in [0.25, 0.3) is 0 Å². The number of halogens is 2. The zero-order valence-corrected chi connectivity index (χ0v) is 18.8. The van der Waals surface area contributed by atoms with Crippen molar-refractivity contribution in [2.75, 3.05) is 6.61 Å². The first-order valence-corrected chi connectivity index (χ1v) is 10.5. The fourth-order valence-corrected chi connectivity index (χ4v) is 3.09. The molecule has 0 aliphatic heterocycles. The highest BCUT2D eigenvalue weighted by Gasteiger charge is 2.13. The van der Waals surface area contributed by atoms with E-state index in [0.29, 0.717) is 39.8 Å². The number of carbonyl (C=O) groups excluding carboxylic acids is 2. The van der Waals surface area contributed by atoms with E-state index in [0.717, 1.165) is 4.47 Å². The highest BCUT2D eigenvalue weighted by Crippen LogP contribution is 2.23. The van der Waals surface area contributed by atoms with Crippen molar-refractivity contribution in [3.05, 3.63) is 92.9 Å². The molecule has 0 unspecified atom stereocenters. The Labute approximate surface area is 193 Å². The average molecular weight is 502 g/mol. The van der Waals surface area contributed by atoms with E-state index in [2.05, 4.69) is 26.5 Å². The van der Waals surface area contributed by atoms with Crippen molar-refractivity contribution in [3.8, 4) is 11.5 Å². The predicted octanol–water partition coefficient (Wildman–Crippen LogP) is 5.48. The maximum Gasteiger partial charge on any atom is 0.343 e. The molecular formula is C23H18BrClN2O4. The zero-order valence-electron chi connectivity index (χ0n) is 16.5.